The highest BCUT2D eigenvalue weighted by molar-refractivity contribution is 5.91. The van der Waals surface area contributed by atoms with Gasteiger partial charge in [0.1, 0.15) is 0 Å². The Kier molecular flexibility index (Phi) is 5.26. The van der Waals surface area contributed by atoms with Crippen LogP contribution in [0.2, 0.25) is 0 Å². The fourth-order valence-corrected chi connectivity index (χ4v) is 4.37. The molecule has 2 aliphatic rings. The van der Waals surface area contributed by atoms with Gasteiger partial charge in [0.25, 0.3) is 0 Å². The maximum absolute atomic E-state index is 13.2. The van der Waals surface area contributed by atoms with Crippen molar-refractivity contribution in [1.82, 2.24) is 4.90 Å². The van der Waals surface area contributed by atoms with Crippen LogP contribution in [0.25, 0.3) is 0 Å². The van der Waals surface area contributed by atoms with Crippen LogP contribution in [0.4, 0.5) is 0 Å². The quantitative estimate of drug-likeness (QED) is 0.580. The predicted molar refractivity (Wildman–Crippen MR) is 106 cm³/mol. The van der Waals surface area contributed by atoms with Gasteiger partial charge in [0.05, 0.1) is 0 Å². The maximum Gasteiger partial charge on any atom is 0.342 e. The average molecular weight is 426 g/mol. The molecule has 2 aromatic rings. The Bertz CT molecular complexity index is 934. The first-order valence-corrected chi connectivity index (χ1v) is 9.83. The number of carbonyl (C=O) groups excluding carboxylic acids is 3. The molecule has 0 saturated carbocycles. The molecule has 2 heterocycles. The molecule has 0 aliphatic carbocycles. The summed E-state index contributed by atoms with van der Waals surface area (Å²) in [5.41, 5.74) is 5.30. The van der Waals surface area contributed by atoms with Gasteiger partial charge in [0, 0.05) is 13.0 Å². The largest absolute Gasteiger partial charge is 0.406 e. The Morgan fingerprint density at radius 1 is 0.935 bits per heavy atom. The summed E-state index contributed by atoms with van der Waals surface area (Å²) in [5, 5.41) is 19.9. The molecule has 1 amide bonds. The minimum atomic E-state index is -2.11. The minimum absolute atomic E-state index is 0.0264. The van der Waals surface area contributed by atoms with Crippen molar-refractivity contribution in [2.45, 2.75) is 36.5 Å². The maximum atomic E-state index is 13.2. The molecule has 31 heavy (non-hydrogen) atoms. The lowest BCUT2D eigenvalue weighted by Crippen LogP contribution is -2.64. The van der Waals surface area contributed by atoms with Gasteiger partial charge < -0.3 is 25.4 Å². The Hall–Kier alpha value is -3.27. The van der Waals surface area contributed by atoms with Crippen molar-refractivity contribution in [3.63, 3.8) is 0 Å². The van der Waals surface area contributed by atoms with Crippen LogP contribution in [-0.4, -0.2) is 57.6 Å². The highest BCUT2D eigenvalue weighted by atomic mass is 16.8. The van der Waals surface area contributed by atoms with Gasteiger partial charge >= 0.3 is 17.8 Å². The number of ether oxygens (including phenoxy) is 2. The highest BCUT2D eigenvalue weighted by Gasteiger charge is 2.63. The summed E-state index contributed by atoms with van der Waals surface area (Å²) >= 11 is 0. The molecule has 2 unspecified atom stereocenters. The molecule has 2 saturated heterocycles. The molecule has 2 aliphatic heterocycles. The molecular formula is C22H22N2O7. The summed E-state index contributed by atoms with van der Waals surface area (Å²) in [6, 6.07) is 17.3. The molecule has 0 radical (unpaired) electrons. The summed E-state index contributed by atoms with van der Waals surface area (Å²) in [6.07, 6.45) is -3.79. The standard InChI is InChI=1S/C22H22N2O7/c23-20(29)22(14-8-3-1-4-9-14,15-10-5-2-6-11-15)24-13-7-12-21(24)30-18(27)16(25)17(26)19(28)31-21/h1-6,8-11,16-17,25-26H,7,12-13H2,(H2,23,29). The number of benzene rings is 2. The first-order chi connectivity index (χ1) is 14.8. The van der Waals surface area contributed by atoms with Gasteiger partial charge in [-0.2, -0.15) is 0 Å². The second-order valence-corrected chi connectivity index (χ2v) is 7.51. The molecule has 1 spiro atoms. The average Bonchev–Trinajstić information content (AvgIpc) is 3.14. The van der Waals surface area contributed by atoms with Gasteiger partial charge in [-0.05, 0) is 17.5 Å². The van der Waals surface area contributed by atoms with Crippen LogP contribution in [0, 0.1) is 0 Å². The van der Waals surface area contributed by atoms with Crippen molar-refractivity contribution in [3.05, 3.63) is 71.8 Å². The van der Waals surface area contributed by atoms with E-state index in [0.717, 1.165) is 0 Å². The summed E-state index contributed by atoms with van der Waals surface area (Å²) in [5.74, 6) is -5.27. The van der Waals surface area contributed by atoms with Crippen molar-refractivity contribution in [2.75, 3.05) is 6.54 Å². The van der Waals surface area contributed by atoms with E-state index in [1.807, 2.05) is 0 Å². The third kappa shape index (κ3) is 3.18. The number of nitrogens with two attached hydrogens (primary N) is 1. The Labute approximate surface area is 178 Å². The number of hydrogen-bond acceptors (Lipinski definition) is 8. The number of nitrogens with zero attached hydrogens (tertiary/aromatic N) is 1. The minimum Gasteiger partial charge on any atom is -0.406 e. The van der Waals surface area contributed by atoms with E-state index < -0.39 is 41.5 Å². The number of primary amides is 1. The van der Waals surface area contributed by atoms with Gasteiger partial charge in [-0.15, -0.1) is 0 Å². The lowest BCUT2D eigenvalue weighted by atomic mass is 9.80. The summed E-state index contributed by atoms with van der Waals surface area (Å²) in [7, 11) is 0. The SMILES string of the molecule is NC(=O)C(c1ccccc1)(c1ccccc1)N1CCCC12OC(=O)C(O)C(O)C(=O)O2. The van der Waals surface area contributed by atoms with Crippen LogP contribution < -0.4 is 5.73 Å². The molecule has 0 bridgehead atoms. The van der Waals surface area contributed by atoms with Crippen molar-refractivity contribution >= 4 is 17.8 Å². The fraction of sp³-hybridized carbons (Fsp3) is 0.318. The van der Waals surface area contributed by atoms with Crippen LogP contribution >= 0.6 is 0 Å². The molecule has 162 valence electrons. The first kappa shape index (κ1) is 21.0. The Morgan fingerprint density at radius 2 is 1.39 bits per heavy atom. The molecule has 2 fully saturated rings. The predicted octanol–water partition coefficient (Wildman–Crippen LogP) is -0.0131. The van der Waals surface area contributed by atoms with E-state index in [1.165, 1.54) is 4.90 Å². The summed E-state index contributed by atoms with van der Waals surface area (Å²) in [6.45, 7) is 0.180. The number of esters is 2. The highest BCUT2D eigenvalue weighted by Crippen LogP contribution is 2.47. The molecule has 2 atom stereocenters. The second kappa shape index (κ2) is 7.77. The van der Waals surface area contributed by atoms with Crippen LogP contribution in [0.15, 0.2) is 60.7 Å². The summed E-state index contributed by atoms with van der Waals surface area (Å²) in [4.78, 5) is 39.5. The molecule has 9 heteroatoms. The zero-order valence-electron chi connectivity index (χ0n) is 16.5. The number of hydrogen-bond donors (Lipinski definition) is 3. The number of rotatable bonds is 4. The zero-order chi connectivity index (χ0) is 22.2. The third-order valence-electron chi connectivity index (χ3n) is 5.73. The fourth-order valence-electron chi connectivity index (χ4n) is 4.37. The normalized spacial score (nSPS) is 26.9. The van der Waals surface area contributed by atoms with E-state index in [2.05, 4.69) is 0 Å². The smallest absolute Gasteiger partial charge is 0.342 e. The molecule has 2 aromatic carbocycles. The van der Waals surface area contributed by atoms with E-state index in [-0.39, 0.29) is 13.0 Å². The van der Waals surface area contributed by atoms with E-state index in [0.29, 0.717) is 17.5 Å². The lowest BCUT2D eigenvalue weighted by molar-refractivity contribution is -0.286. The monoisotopic (exact) mass is 426 g/mol. The van der Waals surface area contributed by atoms with E-state index in [9.17, 15) is 24.6 Å². The number of amides is 1. The van der Waals surface area contributed by atoms with Crippen molar-refractivity contribution in [2.24, 2.45) is 5.73 Å². The first-order valence-electron chi connectivity index (χ1n) is 9.83. The van der Waals surface area contributed by atoms with Crippen LogP contribution in [-0.2, 0) is 29.4 Å². The Balaban J connectivity index is 1.96. The molecule has 4 N–H and O–H groups in total. The number of aliphatic hydroxyl groups is 2. The van der Waals surface area contributed by atoms with Gasteiger partial charge in [0.2, 0.25) is 5.91 Å². The topological polar surface area (TPSA) is 139 Å². The molecule has 0 aromatic heterocycles. The van der Waals surface area contributed by atoms with Gasteiger partial charge in [-0.3, -0.25) is 4.79 Å². The third-order valence-corrected chi connectivity index (χ3v) is 5.73. The zero-order valence-corrected chi connectivity index (χ0v) is 16.5. The Morgan fingerprint density at radius 3 is 1.81 bits per heavy atom. The van der Waals surface area contributed by atoms with E-state index in [4.69, 9.17) is 15.2 Å². The van der Waals surface area contributed by atoms with Gasteiger partial charge in [-0.25, -0.2) is 14.5 Å². The number of likely N-dealkylation sites (tertiary alicyclic amines) is 1. The number of aliphatic hydroxyl groups excluding tert-OH is 2. The van der Waals surface area contributed by atoms with E-state index in [1.54, 1.807) is 60.7 Å². The summed E-state index contributed by atoms with van der Waals surface area (Å²) < 4.78 is 10.9. The lowest BCUT2D eigenvalue weighted by Gasteiger charge is -2.46. The number of carbonyl (C=O) groups is 3. The van der Waals surface area contributed by atoms with Crippen LogP contribution in [0.5, 0.6) is 0 Å². The van der Waals surface area contributed by atoms with Crippen molar-refractivity contribution < 1.29 is 34.1 Å². The second-order valence-electron chi connectivity index (χ2n) is 7.51. The van der Waals surface area contributed by atoms with Crippen LogP contribution in [0.1, 0.15) is 24.0 Å². The van der Waals surface area contributed by atoms with E-state index >= 15 is 0 Å². The molecule has 4 rings (SSSR count). The van der Waals surface area contributed by atoms with Crippen LogP contribution in [0.3, 0.4) is 0 Å². The van der Waals surface area contributed by atoms with Gasteiger partial charge in [-0.1, -0.05) is 60.7 Å². The molecule has 9 nitrogen and oxygen atoms in total. The van der Waals surface area contributed by atoms with Gasteiger partial charge in [0.15, 0.2) is 17.7 Å². The van der Waals surface area contributed by atoms with Crippen molar-refractivity contribution in [1.29, 1.82) is 0 Å². The molecular weight excluding hydrogens is 404 g/mol. The van der Waals surface area contributed by atoms with Crippen molar-refractivity contribution in [3.8, 4) is 0 Å².